The second-order valence-electron chi connectivity index (χ2n) is 3.36. The van der Waals surface area contributed by atoms with Gasteiger partial charge in [-0.2, -0.15) is 0 Å². The molecule has 72 valence electrons. The Kier molecular flexibility index (Phi) is 2.78. The Morgan fingerprint density at radius 1 is 0.750 bits per heavy atom. The summed E-state index contributed by atoms with van der Waals surface area (Å²) in [4.78, 5) is 8.78. The predicted molar refractivity (Wildman–Crippen MR) is 64.5 cm³/mol. The summed E-state index contributed by atoms with van der Waals surface area (Å²) in [6, 6.07) is 12.8. The van der Waals surface area contributed by atoms with Crippen LogP contribution < -0.4 is 0 Å². The van der Waals surface area contributed by atoms with Gasteiger partial charge in [0, 0.05) is 0 Å². The number of phenolic OH excluding ortho intramolecular Hbond substituents is 1. The van der Waals surface area contributed by atoms with E-state index in [0.29, 0.717) is 11.0 Å². The van der Waals surface area contributed by atoms with Crippen LogP contribution >= 0.6 is 0 Å². The molecule has 0 saturated carbocycles. The Morgan fingerprint density at radius 2 is 1.38 bits per heavy atom. The maximum absolute atomic E-state index is 9.63. The number of aromatic nitrogens is 2. The molecular weight excluding hydrogens is 215 g/mol. The van der Waals surface area contributed by atoms with Gasteiger partial charge in [0.25, 0.3) is 0 Å². The Hall–Kier alpha value is -1.63. The first-order chi connectivity index (χ1) is 7.34. The third-order valence-electron chi connectivity index (χ3n) is 2.35. The topological polar surface area (TPSA) is 46.0 Å². The van der Waals surface area contributed by atoms with Gasteiger partial charge in [0.2, 0.25) is 0 Å². The van der Waals surface area contributed by atoms with Gasteiger partial charge < -0.3 is 5.11 Å². The number of aromatic hydroxyl groups is 1. The van der Waals surface area contributed by atoms with Crippen molar-refractivity contribution in [1.29, 1.82) is 0 Å². The van der Waals surface area contributed by atoms with E-state index in [1.165, 1.54) is 0 Å². The smallest absolute Gasteiger partial charge is 0.506 e. The van der Waals surface area contributed by atoms with E-state index in [2.05, 4.69) is 9.97 Å². The van der Waals surface area contributed by atoms with Gasteiger partial charge in [0.15, 0.2) is 0 Å². The van der Waals surface area contributed by atoms with Crippen molar-refractivity contribution in [2.24, 2.45) is 0 Å². The minimum atomic E-state index is 0. The van der Waals surface area contributed by atoms with E-state index in [-0.39, 0.29) is 23.1 Å². The van der Waals surface area contributed by atoms with Gasteiger partial charge in [-0.3, -0.25) is 0 Å². The van der Waals surface area contributed by atoms with Gasteiger partial charge in [-0.25, -0.2) is 9.97 Å². The first kappa shape index (κ1) is 10.9. The van der Waals surface area contributed by atoms with Crippen LogP contribution in [0.15, 0.2) is 42.5 Å². The zero-order chi connectivity index (χ0) is 10.3. The second kappa shape index (κ2) is 4.09. The molecule has 1 aromatic heterocycles. The van der Waals surface area contributed by atoms with Crippen LogP contribution in [0.5, 0.6) is 5.75 Å². The summed E-state index contributed by atoms with van der Waals surface area (Å²) in [6.07, 6.45) is 0. The fourth-order valence-electron chi connectivity index (χ4n) is 1.63. The van der Waals surface area contributed by atoms with Crippen LogP contribution in [0.25, 0.3) is 22.1 Å². The molecule has 3 rings (SSSR count). The predicted octanol–water partition coefficient (Wildman–Crippen LogP) is 2.11. The fourth-order valence-corrected chi connectivity index (χ4v) is 1.63. The third kappa shape index (κ3) is 1.63. The Bertz CT molecular complexity index is 655. The minimum Gasteiger partial charge on any atom is -0.506 e. The van der Waals surface area contributed by atoms with Crippen LogP contribution in [0.2, 0.25) is 0 Å². The number of benzene rings is 2. The molecule has 0 aliphatic carbocycles. The Balaban J connectivity index is 0.000000963. The van der Waals surface area contributed by atoms with E-state index in [9.17, 15) is 5.11 Å². The van der Waals surface area contributed by atoms with E-state index in [4.69, 9.17) is 0 Å². The molecule has 16 heavy (non-hydrogen) atoms. The maximum Gasteiger partial charge on any atom is 3.00 e. The first-order valence-corrected chi connectivity index (χ1v) is 4.69. The Morgan fingerprint density at radius 3 is 2.12 bits per heavy atom. The summed E-state index contributed by atoms with van der Waals surface area (Å²) in [7, 11) is 0. The number of para-hydroxylation sites is 3. The van der Waals surface area contributed by atoms with Crippen LogP contribution in [0.4, 0.5) is 0 Å². The van der Waals surface area contributed by atoms with Gasteiger partial charge in [-0.1, -0.05) is 18.2 Å². The van der Waals surface area contributed by atoms with Gasteiger partial charge in [0.05, 0.1) is 16.6 Å². The maximum atomic E-state index is 9.63. The van der Waals surface area contributed by atoms with Crippen molar-refractivity contribution in [2.45, 2.75) is 0 Å². The molecule has 0 bridgehead atoms. The normalized spacial score (nSPS) is 10.2. The largest absolute Gasteiger partial charge is 3.00 e. The summed E-state index contributed by atoms with van der Waals surface area (Å²) in [6.45, 7) is 0. The fraction of sp³-hybridized carbons (Fsp3) is 0. The number of phenols is 1. The summed E-state index contributed by atoms with van der Waals surface area (Å²) >= 11 is 0. The molecule has 0 radical (unpaired) electrons. The molecule has 0 atom stereocenters. The van der Waals surface area contributed by atoms with Gasteiger partial charge in [0.1, 0.15) is 11.3 Å². The molecule has 0 amide bonds. The quantitative estimate of drug-likeness (QED) is 0.469. The average Bonchev–Trinajstić information content (AvgIpc) is 2.27. The molecule has 3 nitrogen and oxygen atoms in total. The molecule has 0 saturated heterocycles. The molecule has 0 aliphatic heterocycles. The first-order valence-electron chi connectivity index (χ1n) is 4.69. The molecule has 0 unspecified atom stereocenters. The number of fused-ring (bicyclic) bond motifs is 2. The number of nitrogens with zero attached hydrogens (tertiary/aromatic N) is 2. The SMILES string of the molecule is Oc1cccc2nc3ccccc3nc12.[Al+3]. The van der Waals surface area contributed by atoms with Crippen molar-refractivity contribution in [3.05, 3.63) is 42.5 Å². The summed E-state index contributed by atoms with van der Waals surface area (Å²) in [5.41, 5.74) is 2.91. The van der Waals surface area contributed by atoms with Crippen LogP contribution in [-0.2, 0) is 0 Å². The van der Waals surface area contributed by atoms with Gasteiger partial charge >= 0.3 is 17.4 Å². The third-order valence-corrected chi connectivity index (χ3v) is 2.35. The van der Waals surface area contributed by atoms with Crippen molar-refractivity contribution in [1.82, 2.24) is 9.97 Å². The molecular formula is C12H8AlN2O+3. The minimum absolute atomic E-state index is 0. The van der Waals surface area contributed by atoms with Crippen LogP contribution in [0, 0.1) is 0 Å². The summed E-state index contributed by atoms with van der Waals surface area (Å²) in [5, 5.41) is 9.63. The number of hydrogen-bond acceptors (Lipinski definition) is 3. The molecule has 0 spiro atoms. The standard InChI is InChI=1S/C12H8N2O.Al/c15-11-7-3-6-10-12(11)14-9-5-2-1-4-8(9)13-10;/h1-7,15H;/q;+3. The molecule has 2 aromatic carbocycles. The van der Waals surface area contributed by atoms with Crippen molar-refractivity contribution in [2.75, 3.05) is 0 Å². The zero-order valence-corrected chi connectivity index (χ0v) is 9.62. The van der Waals surface area contributed by atoms with Crippen molar-refractivity contribution < 1.29 is 5.11 Å². The van der Waals surface area contributed by atoms with Gasteiger partial charge in [-0.05, 0) is 24.3 Å². The molecule has 1 heterocycles. The molecule has 0 aliphatic rings. The van der Waals surface area contributed by atoms with Gasteiger partial charge in [-0.15, -0.1) is 0 Å². The molecule has 3 aromatic rings. The monoisotopic (exact) mass is 223 g/mol. The van der Waals surface area contributed by atoms with E-state index >= 15 is 0 Å². The van der Waals surface area contributed by atoms with Crippen LogP contribution in [-0.4, -0.2) is 32.4 Å². The van der Waals surface area contributed by atoms with E-state index in [1.54, 1.807) is 12.1 Å². The van der Waals surface area contributed by atoms with Crippen LogP contribution in [0.3, 0.4) is 0 Å². The van der Waals surface area contributed by atoms with Crippen molar-refractivity contribution >= 4 is 39.4 Å². The zero-order valence-electron chi connectivity index (χ0n) is 8.46. The van der Waals surface area contributed by atoms with Crippen molar-refractivity contribution in [3.63, 3.8) is 0 Å². The summed E-state index contributed by atoms with van der Waals surface area (Å²) in [5.74, 6) is 0.172. The van der Waals surface area contributed by atoms with Crippen LogP contribution in [0.1, 0.15) is 0 Å². The van der Waals surface area contributed by atoms with E-state index in [1.807, 2.05) is 30.3 Å². The number of hydrogen-bond donors (Lipinski definition) is 1. The molecule has 0 fully saturated rings. The molecule has 1 N–H and O–H groups in total. The number of rotatable bonds is 0. The summed E-state index contributed by atoms with van der Waals surface area (Å²) < 4.78 is 0. The second-order valence-corrected chi connectivity index (χ2v) is 3.36. The Labute approximate surface area is 103 Å². The molecule has 4 heteroatoms. The van der Waals surface area contributed by atoms with E-state index < -0.39 is 0 Å². The van der Waals surface area contributed by atoms with E-state index in [0.717, 1.165) is 11.0 Å². The van der Waals surface area contributed by atoms with Crippen molar-refractivity contribution in [3.8, 4) is 5.75 Å². The average molecular weight is 223 g/mol.